The molecule has 0 aliphatic heterocycles. The van der Waals surface area contributed by atoms with E-state index < -0.39 is 11.6 Å². The molecule has 0 amide bonds. The Morgan fingerprint density at radius 2 is 2.07 bits per heavy atom. The highest BCUT2D eigenvalue weighted by molar-refractivity contribution is 14.1. The van der Waals surface area contributed by atoms with Crippen molar-refractivity contribution in [3.63, 3.8) is 0 Å². The van der Waals surface area contributed by atoms with Crippen LogP contribution in [0.5, 0.6) is 0 Å². The molecule has 0 unspecified atom stereocenters. The van der Waals surface area contributed by atoms with Crippen LogP contribution in [0.15, 0.2) is 18.2 Å². The molecule has 0 aliphatic rings. The zero-order chi connectivity index (χ0) is 11.0. The van der Waals surface area contributed by atoms with E-state index in [0.717, 1.165) is 18.2 Å². The molecule has 0 radical (unpaired) electrons. The zero-order valence-corrected chi connectivity index (χ0v) is 9.55. The molecule has 0 aliphatic carbocycles. The van der Waals surface area contributed by atoms with Gasteiger partial charge in [0.1, 0.15) is 11.6 Å². The van der Waals surface area contributed by atoms with Crippen LogP contribution in [0.1, 0.15) is 0 Å². The molecule has 3 nitrogen and oxygen atoms in total. The second-order valence-electron chi connectivity index (χ2n) is 2.92. The van der Waals surface area contributed by atoms with E-state index in [1.807, 2.05) is 22.6 Å². The summed E-state index contributed by atoms with van der Waals surface area (Å²) in [5.74, 6) is -0.748. The number of nitrogen functional groups attached to an aromatic ring is 1. The van der Waals surface area contributed by atoms with Crippen molar-refractivity contribution >= 4 is 28.4 Å². The molecule has 15 heavy (non-hydrogen) atoms. The lowest BCUT2D eigenvalue weighted by Gasteiger charge is -2.00. The van der Waals surface area contributed by atoms with Gasteiger partial charge in [-0.2, -0.15) is 5.10 Å². The Morgan fingerprint density at radius 3 is 2.67 bits per heavy atom. The maximum absolute atomic E-state index is 13.4. The highest BCUT2D eigenvalue weighted by Gasteiger charge is 2.14. The van der Waals surface area contributed by atoms with Gasteiger partial charge in [0.15, 0.2) is 5.82 Å². The number of rotatable bonds is 1. The van der Waals surface area contributed by atoms with Crippen LogP contribution >= 0.6 is 22.6 Å². The molecule has 0 saturated carbocycles. The summed E-state index contributed by atoms with van der Waals surface area (Å²) in [6.45, 7) is 0. The van der Waals surface area contributed by atoms with Gasteiger partial charge in [-0.05, 0) is 40.8 Å². The van der Waals surface area contributed by atoms with Crippen LogP contribution < -0.4 is 5.73 Å². The first-order valence-electron chi connectivity index (χ1n) is 4.04. The number of H-pyrrole nitrogens is 1. The summed E-state index contributed by atoms with van der Waals surface area (Å²) >= 11 is 1.92. The number of nitrogens with two attached hydrogens (primary N) is 1. The Morgan fingerprint density at radius 1 is 1.33 bits per heavy atom. The standard InChI is InChI=1S/C9H6F2IN3/c10-4-1-2-6(11)5(3-4)8-7(12)9(13)15-14-8/h1-3H,(H3,13,14,15). The Hall–Kier alpha value is -1.18. The summed E-state index contributed by atoms with van der Waals surface area (Å²) in [4.78, 5) is 0. The molecule has 0 saturated heterocycles. The smallest absolute Gasteiger partial charge is 0.159 e. The number of nitrogens with one attached hydrogen (secondary N) is 1. The average Bonchev–Trinajstić information content (AvgIpc) is 2.52. The monoisotopic (exact) mass is 321 g/mol. The van der Waals surface area contributed by atoms with E-state index in [9.17, 15) is 8.78 Å². The molecular weight excluding hydrogens is 315 g/mol. The molecule has 0 fully saturated rings. The van der Waals surface area contributed by atoms with Crippen LogP contribution in [0.2, 0.25) is 0 Å². The predicted octanol–water partition coefficient (Wildman–Crippen LogP) is 2.54. The first-order valence-corrected chi connectivity index (χ1v) is 5.12. The quantitative estimate of drug-likeness (QED) is 0.793. The fourth-order valence-corrected chi connectivity index (χ4v) is 1.74. The van der Waals surface area contributed by atoms with Crippen molar-refractivity contribution in [3.8, 4) is 11.3 Å². The summed E-state index contributed by atoms with van der Waals surface area (Å²) in [6, 6.07) is 3.23. The van der Waals surface area contributed by atoms with E-state index in [1.165, 1.54) is 0 Å². The Balaban J connectivity index is 2.63. The van der Waals surface area contributed by atoms with Crippen molar-refractivity contribution in [2.24, 2.45) is 0 Å². The average molecular weight is 321 g/mol. The van der Waals surface area contributed by atoms with E-state index in [0.29, 0.717) is 9.26 Å². The van der Waals surface area contributed by atoms with E-state index >= 15 is 0 Å². The van der Waals surface area contributed by atoms with Crippen molar-refractivity contribution in [1.82, 2.24) is 10.2 Å². The Kier molecular flexibility index (Phi) is 2.59. The van der Waals surface area contributed by atoms with Crippen LogP contribution in [-0.2, 0) is 0 Å². The second kappa shape index (κ2) is 3.76. The number of aromatic nitrogens is 2. The number of hydrogen-bond donors (Lipinski definition) is 2. The summed E-state index contributed by atoms with van der Waals surface area (Å²) < 4.78 is 26.9. The lowest BCUT2D eigenvalue weighted by Crippen LogP contribution is -1.89. The van der Waals surface area contributed by atoms with Gasteiger partial charge in [0.05, 0.1) is 9.26 Å². The molecule has 0 atom stereocenters. The summed E-state index contributed by atoms with van der Waals surface area (Å²) in [5.41, 5.74) is 6.02. The van der Waals surface area contributed by atoms with Crippen molar-refractivity contribution in [1.29, 1.82) is 0 Å². The van der Waals surface area contributed by atoms with Crippen LogP contribution in [-0.4, -0.2) is 10.2 Å². The van der Waals surface area contributed by atoms with Gasteiger partial charge in [0.25, 0.3) is 0 Å². The van der Waals surface area contributed by atoms with E-state index in [2.05, 4.69) is 10.2 Å². The van der Waals surface area contributed by atoms with Crippen LogP contribution in [0.3, 0.4) is 0 Å². The minimum Gasteiger partial charge on any atom is -0.381 e. The second-order valence-corrected chi connectivity index (χ2v) is 4.00. The van der Waals surface area contributed by atoms with E-state index in [-0.39, 0.29) is 11.4 Å². The van der Waals surface area contributed by atoms with Crippen LogP contribution in [0.4, 0.5) is 14.6 Å². The summed E-state index contributed by atoms with van der Waals surface area (Å²) in [7, 11) is 0. The van der Waals surface area contributed by atoms with E-state index in [4.69, 9.17) is 5.73 Å². The number of aromatic amines is 1. The molecule has 78 valence electrons. The van der Waals surface area contributed by atoms with Crippen molar-refractivity contribution < 1.29 is 8.78 Å². The molecule has 1 aromatic heterocycles. The zero-order valence-electron chi connectivity index (χ0n) is 7.39. The number of benzene rings is 1. The predicted molar refractivity (Wildman–Crippen MR) is 61.1 cm³/mol. The van der Waals surface area contributed by atoms with Gasteiger partial charge in [-0.3, -0.25) is 5.10 Å². The van der Waals surface area contributed by atoms with E-state index in [1.54, 1.807) is 0 Å². The first-order chi connectivity index (χ1) is 7.09. The largest absolute Gasteiger partial charge is 0.381 e. The Bertz CT molecular complexity index is 510. The summed E-state index contributed by atoms with van der Waals surface area (Å²) in [6.07, 6.45) is 0. The van der Waals surface area contributed by atoms with Gasteiger partial charge < -0.3 is 5.73 Å². The third-order valence-corrected chi connectivity index (χ3v) is 3.02. The molecule has 2 rings (SSSR count). The fourth-order valence-electron chi connectivity index (χ4n) is 1.21. The molecule has 1 aromatic carbocycles. The van der Waals surface area contributed by atoms with Gasteiger partial charge in [-0.25, -0.2) is 8.78 Å². The SMILES string of the molecule is Nc1n[nH]c(-c2cc(F)ccc2F)c1I. The maximum atomic E-state index is 13.4. The molecule has 0 spiro atoms. The maximum Gasteiger partial charge on any atom is 0.159 e. The topological polar surface area (TPSA) is 54.7 Å². The highest BCUT2D eigenvalue weighted by atomic mass is 127. The Labute approximate surface area is 97.8 Å². The number of halogens is 3. The third kappa shape index (κ3) is 1.81. The van der Waals surface area contributed by atoms with Crippen molar-refractivity contribution in [2.45, 2.75) is 0 Å². The third-order valence-electron chi connectivity index (χ3n) is 1.93. The van der Waals surface area contributed by atoms with Crippen LogP contribution in [0, 0.1) is 15.2 Å². The fraction of sp³-hybridized carbons (Fsp3) is 0. The molecule has 1 heterocycles. The number of nitrogens with zero attached hydrogens (tertiary/aromatic N) is 1. The van der Waals surface area contributed by atoms with Crippen molar-refractivity contribution in [2.75, 3.05) is 5.73 Å². The first kappa shape index (κ1) is 10.3. The number of hydrogen-bond acceptors (Lipinski definition) is 2. The van der Waals surface area contributed by atoms with Gasteiger partial charge in [0.2, 0.25) is 0 Å². The highest BCUT2D eigenvalue weighted by Crippen LogP contribution is 2.28. The van der Waals surface area contributed by atoms with Gasteiger partial charge in [0, 0.05) is 5.56 Å². The van der Waals surface area contributed by atoms with Gasteiger partial charge in [-0.1, -0.05) is 0 Å². The molecule has 0 bridgehead atoms. The minimum atomic E-state index is -0.516. The molecule has 2 aromatic rings. The van der Waals surface area contributed by atoms with Gasteiger partial charge in [-0.15, -0.1) is 0 Å². The molecule has 3 N–H and O–H groups in total. The minimum absolute atomic E-state index is 0.128. The summed E-state index contributed by atoms with van der Waals surface area (Å²) in [5, 5.41) is 6.29. The van der Waals surface area contributed by atoms with Gasteiger partial charge >= 0.3 is 0 Å². The molecule has 6 heteroatoms. The normalized spacial score (nSPS) is 10.6. The van der Waals surface area contributed by atoms with Crippen molar-refractivity contribution in [3.05, 3.63) is 33.4 Å². The lowest BCUT2D eigenvalue weighted by molar-refractivity contribution is 0.602. The molecular formula is C9H6F2IN3. The number of anilines is 1. The van der Waals surface area contributed by atoms with Crippen LogP contribution in [0.25, 0.3) is 11.3 Å². The lowest BCUT2D eigenvalue weighted by atomic mass is 10.1.